The Labute approximate surface area is 81.4 Å². The number of amides is 1. The van der Waals surface area contributed by atoms with E-state index in [1.54, 1.807) is 11.3 Å². The van der Waals surface area contributed by atoms with Gasteiger partial charge in [0.2, 0.25) is 0 Å². The maximum absolute atomic E-state index is 11.7. The van der Waals surface area contributed by atoms with Crippen LogP contribution < -0.4 is 5.32 Å². The summed E-state index contributed by atoms with van der Waals surface area (Å²) in [6, 6.07) is 2.25. The summed E-state index contributed by atoms with van der Waals surface area (Å²) in [6.07, 6.45) is 0. The Morgan fingerprint density at radius 1 is 1.69 bits per heavy atom. The molecular weight excluding hydrogens is 184 g/mol. The third-order valence-electron chi connectivity index (χ3n) is 2.40. The predicted molar refractivity (Wildman–Crippen MR) is 53.1 cm³/mol. The van der Waals surface area contributed by atoms with E-state index in [2.05, 4.69) is 5.32 Å². The Kier molecular flexibility index (Phi) is 2.33. The average molecular weight is 196 g/mol. The van der Waals surface area contributed by atoms with Gasteiger partial charge < -0.3 is 10.2 Å². The van der Waals surface area contributed by atoms with Crippen LogP contribution in [-0.2, 0) is 0 Å². The van der Waals surface area contributed by atoms with Crippen molar-refractivity contribution < 1.29 is 4.79 Å². The van der Waals surface area contributed by atoms with E-state index in [1.165, 1.54) is 0 Å². The average Bonchev–Trinajstić information content (AvgIpc) is 2.51. The summed E-state index contributed by atoms with van der Waals surface area (Å²) in [5.41, 5.74) is 0.805. The Hall–Kier alpha value is -0.870. The van der Waals surface area contributed by atoms with Gasteiger partial charge in [-0.3, -0.25) is 4.79 Å². The van der Waals surface area contributed by atoms with Crippen LogP contribution in [0.4, 0.5) is 0 Å². The number of likely N-dealkylation sites (N-methyl/N-ethyl adjacent to an activating group) is 1. The van der Waals surface area contributed by atoms with Crippen LogP contribution in [0, 0.1) is 0 Å². The molecule has 13 heavy (non-hydrogen) atoms. The number of nitrogens with one attached hydrogen (secondary N) is 1. The standard InChI is InChI=1S/C9H12N2OS/c1-11(8-4-10-5-8)9(12)7-2-3-13-6-7/h2-3,6,8,10H,4-5H2,1H3. The van der Waals surface area contributed by atoms with E-state index in [-0.39, 0.29) is 5.91 Å². The van der Waals surface area contributed by atoms with Crippen molar-refractivity contribution in [2.24, 2.45) is 0 Å². The second-order valence-corrected chi connectivity index (χ2v) is 4.02. The molecule has 1 aromatic heterocycles. The summed E-state index contributed by atoms with van der Waals surface area (Å²) in [6.45, 7) is 1.85. The van der Waals surface area contributed by atoms with Crippen molar-refractivity contribution in [3.63, 3.8) is 0 Å². The van der Waals surface area contributed by atoms with E-state index >= 15 is 0 Å². The summed E-state index contributed by atoms with van der Waals surface area (Å²) in [5, 5.41) is 6.98. The molecular formula is C9H12N2OS. The first-order valence-corrected chi connectivity index (χ1v) is 5.23. The molecule has 0 unspecified atom stereocenters. The van der Waals surface area contributed by atoms with Gasteiger partial charge in [0, 0.05) is 25.5 Å². The van der Waals surface area contributed by atoms with Crippen LogP contribution in [-0.4, -0.2) is 37.0 Å². The summed E-state index contributed by atoms with van der Waals surface area (Å²) in [5.74, 6) is 0.132. The molecule has 2 rings (SSSR count). The van der Waals surface area contributed by atoms with Crippen molar-refractivity contribution in [1.29, 1.82) is 0 Å². The zero-order valence-corrected chi connectivity index (χ0v) is 8.30. The maximum atomic E-state index is 11.7. The summed E-state index contributed by atoms with van der Waals surface area (Å²) >= 11 is 1.56. The zero-order chi connectivity index (χ0) is 9.26. The molecule has 0 bridgehead atoms. The second-order valence-electron chi connectivity index (χ2n) is 3.24. The topological polar surface area (TPSA) is 32.3 Å². The van der Waals surface area contributed by atoms with Crippen molar-refractivity contribution in [2.75, 3.05) is 20.1 Å². The molecule has 1 saturated heterocycles. The van der Waals surface area contributed by atoms with Crippen LogP contribution in [0.5, 0.6) is 0 Å². The Bertz CT molecular complexity index is 293. The first-order chi connectivity index (χ1) is 6.29. The molecule has 2 heterocycles. The van der Waals surface area contributed by atoms with Gasteiger partial charge in [0.1, 0.15) is 0 Å². The molecule has 0 saturated carbocycles. The number of carbonyl (C=O) groups is 1. The number of nitrogens with zero attached hydrogens (tertiary/aromatic N) is 1. The smallest absolute Gasteiger partial charge is 0.254 e. The van der Waals surface area contributed by atoms with Gasteiger partial charge in [-0.15, -0.1) is 0 Å². The lowest BCUT2D eigenvalue weighted by molar-refractivity contribution is 0.0682. The molecule has 1 fully saturated rings. The summed E-state index contributed by atoms with van der Waals surface area (Å²) < 4.78 is 0. The minimum atomic E-state index is 0.132. The van der Waals surface area contributed by atoms with Gasteiger partial charge in [0.05, 0.1) is 11.6 Å². The lowest BCUT2D eigenvalue weighted by atomic mass is 10.1. The molecule has 1 N–H and O–H groups in total. The largest absolute Gasteiger partial charge is 0.336 e. The lowest BCUT2D eigenvalue weighted by Gasteiger charge is -2.35. The van der Waals surface area contributed by atoms with Gasteiger partial charge in [-0.2, -0.15) is 11.3 Å². The highest BCUT2D eigenvalue weighted by atomic mass is 32.1. The summed E-state index contributed by atoms with van der Waals surface area (Å²) in [7, 11) is 1.87. The molecule has 0 aliphatic carbocycles. The third-order valence-corrected chi connectivity index (χ3v) is 3.08. The van der Waals surface area contributed by atoms with Crippen LogP contribution in [0.1, 0.15) is 10.4 Å². The lowest BCUT2D eigenvalue weighted by Crippen LogP contribution is -2.57. The van der Waals surface area contributed by atoms with Gasteiger partial charge in [-0.1, -0.05) is 0 Å². The molecule has 1 aliphatic heterocycles. The van der Waals surface area contributed by atoms with Crippen LogP contribution >= 0.6 is 11.3 Å². The molecule has 1 amide bonds. The molecule has 1 aromatic rings. The fraction of sp³-hybridized carbons (Fsp3) is 0.444. The van der Waals surface area contributed by atoms with Gasteiger partial charge in [-0.25, -0.2) is 0 Å². The fourth-order valence-electron chi connectivity index (χ4n) is 1.30. The van der Waals surface area contributed by atoms with E-state index in [9.17, 15) is 4.79 Å². The minimum absolute atomic E-state index is 0.132. The van der Waals surface area contributed by atoms with Crippen LogP contribution in [0.25, 0.3) is 0 Å². The monoisotopic (exact) mass is 196 g/mol. The van der Waals surface area contributed by atoms with Crippen LogP contribution in [0.15, 0.2) is 16.8 Å². The van der Waals surface area contributed by atoms with Crippen molar-refractivity contribution in [1.82, 2.24) is 10.2 Å². The third kappa shape index (κ3) is 1.59. The highest BCUT2D eigenvalue weighted by Crippen LogP contribution is 2.11. The van der Waals surface area contributed by atoms with Gasteiger partial charge in [0.15, 0.2) is 0 Å². The Morgan fingerprint density at radius 2 is 2.46 bits per heavy atom. The second kappa shape index (κ2) is 3.47. The van der Waals surface area contributed by atoms with E-state index in [0.29, 0.717) is 6.04 Å². The highest BCUT2D eigenvalue weighted by Gasteiger charge is 2.25. The number of thiophene rings is 1. The molecule has 70 valence electrons. The highest BCUT2D eigenvalue weighted by molar-refractivity contribution is 7.08. The number of hydrogen-bond acceptors (Lipinski definition) is 3. The molecule has 0 radical (unpaired) electrons. The van der Waals surface area contributed by atoms with Gasteiger partial charge in [-0.05, 0) is 11.4 Å². The normalized spacial score (nSPS) is 16.7. The Morgan fingerprint density at radius 3 is 2.92 bits per heavy atom. The molecule has 1 aliphatic rings. The number of carbonyl (C=O) groups excluding carboxylic acids is 1. The van der Waals surface area contributed by atoms with E-state index in [0.717, 1.165) is 18.7 Å². The first kappa shape index (κ1) is 8.72. The van der Waals surface area contributed by atoms with Crippen molar-refractivity contribution >= 4 is 17.2 Å². The van der Waals surface area contributed by atoms with Crippen molar-refractivity contribution in [3.05, 3.63) is 22.4 Å². The van der Waals surface area contributed by atoms with E-state index in [4.69, 9.17) is 0 Å². The molecule has 0 spiro atoms. The van der Waals surface area contributed by atoms with Gasteiger partial charge in [0.25, 0.3) is 5.91 Å². The first-order valence-electron chi connectivity index (χ1n) is 4.29. The van der Waals surface area contributed by atoms with Crippen LogP contribution in [0.3, 0.4) is 0 Å². The molecule has 4 heteroatoms. The van der Waals surface area contributed by atoms with Gasteiger partial charge >= 0.3 is 0 Å². The van der Waals surface area contributed by atoms with Crippen LogP contribution in [0.2, 0.25) is 0 Å². The molecule has 0 aromatic carbocycles. The maximum Gasteiger partial charge on any atom is 0.254 e. The predicted octanol–water partition coefficient (Wildman–Crippen LogP) is 0.792. The summed E-state index contributed by atoms with van der Waals surface area (Å²) in [4.78, 5) is 13.6. The van der Waals surface area contributed by atoms with Crippen molar-refractivity contribution in [2.45, 2.75) is 6.04 Å². The molecule has 0 atom stereocenters. The number of hydrogen-bond donors (Lipinski definition) is 1. The van der Waals surface area contributed by atoms with E-state index < -0.39 is 0 Å². The minimum Gasteiger partial charge on any atom is -0.336 e. The zero-order valence-electron chi connectivity index (χ0n) is 7.49. The van der Waals surface area contributed by atoms with Crippen molar-refractivity contribution in [3.8, 4) is 0 Å². The quantitative estimate of drug-likeness (QED) is 0.758. The number of rotatable bonds is 2. The Balaban J connectivity index is 2.04. The molecule has 3 nitrogen and oxygen atoms in total. The fourth-order valence-corrected chi connectivity index (χ4v) is 1.93. The SMILES string of the molecule is CN(C(=O)c1ccsc1)C1CNC1. The van der Waals surface area contributed by atoms with E-state index in [1.807, 2.05) is 28.8 Å².